The number of ether oxygens (including phenoxy) is 1. The number of nitrogens with one attached hydrogen (secondary N) is 3. The van der Waals surface area contributed by atoms with Gasteiger partial charge in [0.25, 0.3) is 0 Å². The summed E-state index contributed by atoms with van der Waals surface area (Å²) in [6.45, 7) is 17.5. The highest BCUT2D eigenvalue weighted by atomic mass is 16.5. The lowest BCUT2D eigenvalue weighted by Crippen LogP contribution is -2.47. The van der Waals surface area contributed by atoms with Crippen molar-refractivity contribution in [2.24, 2.45) is 5.92 Å². The van der Waals surface area contributed by atoms with Crippen molar-refractivity contribution < 1.29 is 23.9 Å². The number of morpholine rings is 1. The highest BCUT2D eigenvalue weighted by Crippen LogP contribution is 2.12. The van der Waals surface area contributed by atoms with E-state index in [1.807, 2.05) is 6.20 Å². The van der Waals surface area contributed by atoms with E-state index in [-0.39, 0.29) is 13.1 Å². The first-order chi connectivity index (χ1) is 16.6. The predicted octanol–water partition coefficient (Wildman–Crippen LogP) is 1.86. The smallest absolute Gasteiger partial charge is 0.242 e. The Kier molecular flexibility index (Phi) is 22.2. The van der Waals surface area contributed by atoms with Crippen LogP contribution in [0.15, 0.2) is 18.3 Å². The molecule has 1 aliphatic rings. The number of aryl methyl sites for hydroxylation is 1. The monoisotopic (exact) mass is 495 g/mol. The number of pyridine rings is 1. The molecule has 0 spiro atoms. The van der Waals surface area contributed by atoms with Gasteiger partial charge in [0.1, 0.15) is 18.1 Å². The summed E-state index contributed by atoms with van der Waals surface area (Å²) in [5, 5.41) is 6.77. The molecule has 1 aromatic rings. The summed E-state index contributed by atoms with van der Waals surface area (Å²) in [5.74, 6) is 0.964. The lowest BCUT2D eigenvalue weighted by molar-refractivity contribution is -0.128. The Morgan fingerprint density at radius 3 is 2.14 bits per heavy atom. The second-order valence-corrected chi connectivity index (χ2v) is 8.43. The van der Waals surface area contributed by atoms with E-state index in [2.05, 4.69) is 79.5 Å². The fourth-order valence-electron chi connectivity index (χ4n) is 2.23. The third-order valence-electron chi connectivity index (χ3n) is 3.71. The summed E-state index contributed by atoms with van der Waals surface area (Å²) in [6, 6.07) is 3.42. The number of anilines is 1. The molecular weight excluding hydrogens is 450 g/mol. The van der Waals surface area contributed by atoms with Gasteiger partial charge in [-0.15, -0.1) is 0 Å². The van der Waals surface area contributed by atoms with Crippen LogP contribution in [0.2, 0.25) is 0 Å². The summed E-state index contributed by atoms with van der Waals surface area (Å²) in [5.41, 5.74) is 1.21. The van der Waals surface area contributed by atoms with Crippen molar-refractivity contribution in [3.05, 3.63) is 23.9 Å². The lowest BCUT2D eigenvalue weighted by atomic mass is 10.3. The molecule has 2 rings (SSSR count). The minimum atomic E-state index is -0.745. The molecule has 1 fully saturated rings. The van der Waals surface area contributed by atoms with Gasteiger partial charge in [0, 0.05) is 19.3 Å². The second kappa shape index (κ2) is 22.8. The lowest BCUT2D eigenvalue weighted by Gasteiger charge is -2.27. The normalized spacial score (nSPS) is 12.7. The Bertz CT molecular complexity index is 689. The van der Waals surface area contributed by atoms with Gasteiger partial charge in [0.2, 0.25) is 18.2 Å². The Morgan fingerprint density at radius 2 is 1.69 bits per heavy atom. The maximum atomic E-state index is 11.1. The van der Waals surface area contributed by atoms with Crippen LogP contribution in [0.5, 0.6) is 0 Å². The van der Waals surface area contributed by atoms with Gasteiger partial charge < -0.3 is 30.4 Å². The quantitative estimate of drug-likeness (QED) is 0.469. The molecule has 3 N–H and O–H groups in total. The van der Waals surface area contributed by atoms with Crippen molar-refractivity contribution in [3.63, 3.8) is 0 Å². The molecule has 35 heavy (non-hydrogen) atoms. The van der Waals surface area contributed by atoms with Crippen LogP contribution in [0.4, 0.5) is 5.82 Å². The Balaban J connectivity index is 0. The average Bonchev–Trinajstić information content (AvgIpc) is 2.82. The zero-order valence-corrected chi connectivity index (χ0v) is 22.4. The van der Waals surface area contributed by atoms with Crippen LogP contribution in [0.3, 0.4) is 0 Å². The van der Waals surface area contributed by atoms with E-state index in [1.54, 1.807) is 0 Å². The standard InChI is InChI=1S/C10H14N2O.C8H13N3O4.C4H10.C3H8/c1-9-2-3-10(11-8-9)12-4-6-13-7-5-12;1-6(8(15)10-2-3-12)11-7(14)4-9-5-13;1-4(2)3;1-3-2/h2-3,8H,4-7H2,1H3;3,5-6H,2,4H2,1H3,(H,9,13)(H,10,15)(H,11,14);4H,1-3H3;3H2,1-2H3. The number of aldehydes is 1. The van der Waals surface area contributed by atoms with Crippen LogP contribution >= 0.6 is 0 Å². The van der Waals surface area contributed by atoms with Crippen molar-refractivity contribution in [2.75, 3.05) is 44.3 Å². The first kappa shape index (κ1) is 34.2. The van der Waals surface area contributed by atoms with E-state index in [4.69, 9.17) is 4.74 Å². The molecule has 0 saturated carbocycles. The molecule has 10 heteroatoms. The molecule has 1 atom stereocenters. The SMILES string of the molecule is CC(C)C.CC(NC(=O)CNC=O)C(=O)NCC=O.CCC.Cc1ccc(N2CCOCC2)nc1. The van der Waals surface area contributed by atoms with Crippen molar-refractivity contribution in [3.8, 4) is 0 Å². The van der Waals surface area contributed by atoms with E-state index in [9.17, 15) is 19.2 Å². The number of amides is 3. The number of hydrogen-bond donors (Lipinski definition) is 3. The maximum absolute atomic E-state index is 11.1. The Labute approximate surface area is 210 Å². The largest absolute Gasteiger partial charge is 0.378 e. The van der Waals surface area contributed by atoms with E-state index < -0.39 is 17.9 Å². The third-order valence-corrected chi connectivity index (χ3v) is 3.71. The van der Waals surface area contributed by atoms with Crippen LogP contribution < -0.4 is 20.9 Å². The van der Waals surface area contributed by atoms with Crippen LogP contribution in [0.1, 0.15) is 53.5 Å². The molecule has 0 aromatic carbocycles. The maximum Gasteiger partial charge on any atom is 0.242 e. The van der Waals surface area contributed by atoms with Gasteiger partial charge in [-0.05, 0) is 31.4 Å². The Hall–Kier alpha value is -3.01. The van der Waals surface area contributed by atoms with Gasteiger partial charge in [-0.25, -0.2) is 4.98 Å². The zero-order chi connectivity index (χ0) is 27.1. The van der Waals surface area contributed by atoms with Crippen molar-refractivity contribution >= 4 is 30.3 Å². The number of nitrogens with zero attached hydrogens (tertiary/aromatic N) is 2. The van der Waals surface area contributed by atoms with Crippen LogP contribution in [-0.4, -0.2) is 74.9 Å². The highest BCUT2D eigenvalue weighted by molar-refractivity contribution is 5.89. The fourth-order valence-corrected chi connectivity index (χ4v) is 2.23. The minimum Gasteiger partial charge on any atom is -0.378 e. The van der Waals surface area contributed by atoms with Crippen molar-refractivity contribution in [1.29, 1.82) is 0 Å². The third kappa shape index (κ3) is 21.3. The van der Waals surface area contributed by atoms with Gasteiger partial charge in [0.15, 0.2) is 0 Å². The topological polar surface area (TPSA) is 130 Å². The molecule has 0 radical (unpaired) electrons. The van der Waals surface area contributed by atoms with Crippen LogP contribution in [0.25, 0.3) is 0 Å². The molecule has 0 bridgehead atoms. The summed E-state index contributed by atoms with van der Waals surface area (Å²) in [7, 11) is 0. The van der Waals surface area contributed by atoms with Crippen molar-refractivity contribution in [2.45, 2.75) is 60.9 Å². The number of rotatable bonds is 8. The molecule has 1 unspecified atom stereocenters. The predicted molar refractivity (Wildman–Crippen MR) is 139 cm³/mol. The van der Waals surface area contributed by atoms with Crippen molar-refractivity contribution in [1.82, 2.24) is 20.9 Å². The molecule has 1 aromatic heterocycles. The van der Waals surface area contributed by atoms with Crippen LogP contribution in [0, 0.1) is 12.8 Å². The minimum absolute atomic E-state index is 0.0916. The number of carbonyl (C=O) groups excluding carboxylic acids is 4. The second-order valence-electron chi connectivity index (χ2n) is 8.43. The van der Waals surface area contributed by atoms with Gasteiger partial charge in [-0.3, -0.25) is 14.4 Å². The first-order valence-corrected chi connectivity index (χ1v) is 12.1. The molecule has 200 valence electrons. The molecule has 2 heterocycles. The summed E-state index contributed by atoms with van der Waals surface area (Å²) >= 11 is 0. The van der Waals surface area contributed by atoms with E-state index in [0.717, 1.165) is 38.0 Å². The molecule has 0 aliphatic carbocycles. The first-order valence-electron chi connectivity index (χ1n) is 12.1. The van der Waals surface area contributed by atoms with Gasteiger partial charge in [-0.2, -0.15) is 0 Å². The van der Waals surface area contributed by atoms with Gasteiger partial charge in [0.05, 0.1) is 26.3 Å². The summed E-state index contributed by atoms with van der Waals surface area (Å²) in [6.07, 6.45) is 4.09. The van der Waals surface area contributed by atoms with E-state index >= 15 is 0 Å². The van der Waals surface area contributed by atoms with Crippen LogP contribution in [-0.2, 0) is 23.9 Å². The summed E-state index contributed by atoms with van der Waals surface area (Å²) in [4.78, 5) is 48.6. The zero-order valence-electron chi connectivity index (χ0n) is 22.4. The molecule has 3 amide bonds. The highest BCUT2D eigenvalue weighted by Gasteiger charge is 2.14. The number of carbonyl (C=O) groups is 4. The van der Waals surface area contributed by atoms with E-state index in [0.29, 0.717) is 12.7 Å². The average molecular weight is 496 g/mol. The number of hydrogen-bond acceptors (Lipinski definition) is 7. The molecular formula is C25H45N5O5. The van der Waals surface area contributed by atoms with Gasteiger partial charge in [-0.1, -0.05) is 47.1 Å². The van der Waals surface area contributed by atoms with Gasteiger partial charge >= 0.3 is 0 Å². The summed E-state index contributed by atoms with van der Waals surface area (Å²) < 4.78 is 5.28. The van der Waals surface area contributed by atoms with E-state index in [1.165, 1.54) is 18.9 Å². The molecule has 10 nitrogen and oxygen atoms in total. The molecule has 1 aliphatic heterocycles. The Morgan fingerprint density at radius 1 is 1.11 bits per heavy atom. The number of aromatic nitrogens is 1. The fraction of sp³-hybridized carbons (Fsp3) is 0.640. The molecule has 1 saturated heterocycles.